The Balaban J connectivity index is 2.05. The molecule has 2 aromatic rings. The summed E-state index contributed by atoms with van der Waals surface area (Å²) in [6, 6.07) is 15.3. The summed E-state index contributed by atoms with van der Waals surface area (Å²) in [5.41, 5.74) is 13.0. The van der Waals surface area contributed by atoms with E-state index in [-0.39, 0.29) is 0 Å². The number of hydrogen-bond donors (Lipinski definition) is 1. The zero-order valence-electron chi connectivity index (χ0n) is 12.4. The van der Waals surface area contributed by atoms with Gasteiger partial charge in [0, 0.05) is 0 Å². The summed E-state index contributed by atoms with van der Waals surface area (Å²) in [7, 11) is 0. The maximum Gasteiger partial charge on any atom is 0.0639 e. The van der Waals surface area contributed by atoms with Gasteiger partial charge in [0.25, 0.3) is 0 Å². The Kier molecular flexibility index (Phi) is 3.39. The van der Waals surface area contributed by atoms with E-state index in [1.54, 1.807) is 0 Å². The van der Waals surface area contributed by atoms with E-state index in [0.29, 0.717) is 0 Å². The molecule has 0 aromatic heterocycles. The van der Waals surface area contributed by atoms with Crippen LogP contribution in [0.3, 0.4) is 0 Å². The molecule has 1 aliphatic carbocycles. The second kappa shape index (κ2) is 5.06. The third-order valence-corrected chi connectivity index (χ3v) is 4.65. The van der Waals surface area contributed by atoms with E-state index in [2.05, 4.69) is 56.3 Å². The predicted octanol–water partition coefficient (Wildman–Crippen LogP) is 4.10. The van der Waals surface area contributed by atoms with Crippen molar-refractivity contribution in [1.82, 2.24) is 0 Å². The SMILES string of the molecule is Cc1ccccc1C(C)(N)c1ccc2c(c1)CCCC2. The molecule has 0 radical (unpaired) electrons. The first-order chi connectivity index (χ1) is 9.59. The van der Waals surface area contributed by atoms with E-state index in [1.165, 1.54) is 53.5 Å². The molecule has 2 aromatic carbocycles. The highest BCUT2D eigenvalue weighted by Crippen LogP contribution is 2.32. The Morgan fingerprint density at radius 1 is 0.950 bits per heavy atom. The van der Waals surface area contributed by atoms with E-state index in [0.717, 1.165) is 0 Å². The van der Waals surface area contributed by atoms with Crippen molar-refractivity contribution in [1.29, 1.82) is 0 Å². The molecule has 0 bridgehead atoms. The van der Waals surface area contributed by atoms with Crippen LogP contribution in [0.5, 0.6) is 0 Å². The lowest BCUT2D eigenvalue weighted by Crippen LogP contribution is -2.35. The third-order valence-electron chi connectivity index (χ3n) is 4.65. The van der Waals surface area contributed by atoms with Gasteiger partial charge < -0.3 is 5.73 Å². The molecule has 20 heavy (non-hydrogen) atoms. The quantitative estimate of drug-likeness (QED) is 0.869. The van der Waals surface area contributed by atoms with Crippen LogP contribution in [0.4, 0.5) is 0 Å². The van der Waals surface area contributed by atoms with Gasteiger partial charge in [0.15, 0.2) is 0 Å². The van der Waals surface area contributed by atoms with Crippen LogP contribution in [-0.2, 0) is 18.4 Å². The van der Waals surface area contributed by atoms with Gasteiger partial charge in [0.1, 0.15) is 0 Å². The second-order valence-corrected chi connectivity index (χ2v) is 6.21. The average molecular weight is 265 g/mol. The maximum absolute atomic E-state index is 6.69. The molecule has 0 saturated heterocycles. The van der Waals surface area contributed by atoms with Gasteiger partial charge in [-0.15, -0.1) is 0 Å². The first-order valence-electron chi connectivity index (χ1n) is 7.56. The molecule has 0 saturated carbocycles. The van der Waals surface area contributed by atoms with Crippen molar-refractivity contribution in [2.24, 2.45) is 5.73 Å². The number of hydrogen-bond acceptors (Lipinski definition) is 1. The van der Waals surface area contributed by atoms with Gasteiger partial charge in [-0.3, -0.25) is 0 Å². The van der Waals surface area contributed by atoms with Crippen LogP contribution in [0, 0.1) is 6.92 Å². The maximum atomic E-state index is 6.69. The smallest absolute Gasteiger partial charge is 0.0639 e. The molecule has 1 unspecified atom stereocenters. The molecular formula is C19H23N. The minimum Gasteiger partial charge on any atom is -0.318 e. The van der Waals surface area contributed by atoms with Crippen LogP contribution in [0.2, 0.25) is 0 Å². The van der Waals surface area contributed by atoms with E-state index >= 15 is 0 Å². The van der Waals surface area contributed by atoms with Gasteiger partial charge in [-0.25, -0.2) is 0 Å². The van der Waals surface area contributed by atoms with Crippen molar-refractivity contribution >= 4 is 0 Å². The van der Waals surface area contributed by atoms with Gasteiger partial charge >= 0.3 is 0 Å². The molecule has 2 N–H and O–H groups in total. The number of rotatable bonds is 2. The molecule has 0 heterocycles. The highest BCUT2D eigenvalue weighted by Gasteiger charge is 2.26. The highest BCUT2D eigenvalue weighted by molar-refractivity contribution is 5.44. The Morgan fingerprint density at radius 3 is 2.40 bits per heavy atom. The molecule has 1 heteroatoms. The summed E-state index contributed by atoms with van der Waals surface area (Å²) in [5, 5.41) is 0. The zero-order valence-corrected chi connectivity index (χ0v) is 12.4. The summed E-state index contributed by atoms with van der Waals surface area (Å²) < 4.78 is 0. The van der Waals surface area contributed by atoms with Crippen LogP contribution in [-0.4, -0.2) is 0 Å². The van der Waals surface area contributed by atoms with Crippen LogP contribution >= 0.6 is 0 Å². The molecule has 0 aliphatic heterocycles. The van der Waals surface area contributed by atoms with Crippen molar-refractivity contribution < 1.29 is 0 Å². The summed E-state index contributed by atoms with van der Waals surface area (Å²) in [6.45, 7) is 4.26. The Hall–Kier alpha value is -1.60. The van der Waals surface area contributed by atoms with Crippen molar-refractivity contribution in [2.45, 2.75) is 45.1 Å². The van der Waals surface area contributed by atoms with Crippen LogP contribution in [0.25, 0.3) is 0 Å². The van der Waals surface area contributed by atoms with Gasteiger partial charge in [-0.1, -0.05) is 42.5 Å². The fraction of sp³-hybridized carbons (Fsp3) is 0.368. The Labute approximate surface area is 121 Å². The molecular weight excluding hydrogens is 242 g/mol. The van der Waals surface area contributed by atoms with Gasteiger partial charge in [-0.05, 0) is 67.3 Å². The number of benzene rings is 2. The minimum absolute atomic E-state index is 0.419. The molecule has 1 atom stereocenters. The van der Waals surface area contributed by atoms with Crippen molar-refractivity contribution in [3.63, 3.8) is 0 Å². The lowest BCUT2D eigenvalue weighted by Gasteiger charge is -2.29. The number of aryl methyl sites for hydroxylation is 3. The minimum atomic E-state index is -0.419. The summed E-state index contributed by atoms with van der Waals surface area (Å²) in [5.74, 6) is 0. The monoisotopic (exact) mass is 265 g/mol. The van der Waals surface area contributed by atoms with Gasteiger partial charge in [0.05, 0.1) is 5.54 Å². The first-order valence-corrected chi connectivity index (χ1v) is 7.56. The van der Waals surface area contributed by atoms with E-state index in [1.807, 2.05) is 0 Å². The van der Waals surface area contributed by atoms with E-state index in [9.17, 15) is 0 Å². The molecule has 0 amide bonds. The predicted molar refractivity (Wildman–Crippen MR) is 84.9 cm³/mol. The summed E-state index contributed by atoms with van der Waals surface area (Å²) in [4.78, 5) is 0. The van der Waals surface area contributed by atoms with Gasteiger partial charge in [0.2, 0.25) is 0 Å². The molecule has 1 aliphatic rings. The number of nitrogens with two attached hydrogens (primary N) is 1. The Bertz CT molecular complexity index is 625. The van der Waals surface area contributed by atoms with Crippen molar-refractivity contribution in [3.05, 3.63) is 70.3 Å². The van der Waals surface area contributed by atoms with Gasteiger partial charge in [-0.2, -0.15) is 0 Å². The third kappa shape index (κ3) is 2.27. The van der Waals surface area contributed by atoms with E-state index < -0.39 is 5.54 Å². The fourth-order valence-corrected chi connectivity index (χ4v) is 3.37. The molecule has 1 nitrogen and oxygen atoms in total. The second-order valence-electron chi connectivity index (χ2n) is 6.21. The van der Waals surface area contributed by atoms with Crippen LogP contribution < -0.4 is 5.73 Å². The Morgan fingerprint density at radius 2 is 1.65 bits per heavy atom. The molecule has 3 rings (SSSR count). The van der Waals surface area contributed by atoms with Crippen LogP contribution in [0.15, 0.2) is 42.5 Å². The standard InChI is InChI=1S/C19H23N/c1-14-7-3-6-10-18(14)19(2,20)17-12-11-15-8-4-5-9-16(15)13-17/h3,6-7,10-13H,4-5,8-9,20H2,1-2H3. The van der Waals surface area contributed by atoms with Crippen molar-refractivity contribution in [3.8, 4) is 0 Å². The topological polar surface area (TPSA) is 26.0 Å². The molecule has 0 fully saturated rings. The van der Waals surface area contributed by atoms with Crippen molar-refractivity contribution in [2.75, 3.05) is 0 Å². The number of fused-ring (bicyclic) bond motifs is 1. The summed E-state index contributed by atoms with van der Waals surface area (Å²) in [6.07, 6.45) is 5.06. The summed E-state index contributed by atoms with van der Waals surface area (Å²) >= 11 is 0. The lowest BCUT2D eigenvalue weighted by atomic mass is 9.80. The van der Waals surface area contributed by atoms with Crippen LogP contribution in [0.1, 0.15) is 47.6 Å². The normalized spacial score (nSPS) is 17.4. The lowest BCUT2D eigenvalue weighted by molar-refractivity contribution is 0.594. The molecule has 104 valence electrons. The zero-order chi connectivity index (χ0) is 14.2. The van der Waals surface area contributed by atoms with E-state index in [4.69, 9.17) is 5.73 Å². The molecule has 0 spiro atoms. The average Bonchev–Trinajstić information content (AvgIpc) is 2.47. The fourth-order valence-electron chi connectivity index (χ4n) is 3.37. The first kappa shape index (κ1) is 13.4. The highest BCUT2D eigenvalue weighted by atomic mass is 14.7. The largest absolute Gasteiger partial charge is 0.318 e.